The minimum absolute atomic E-state index is 1.15. The third kappa shape index (κ3) is 5.43. The Balaban J connectivity index is 1.19. The van der Waals surface area contributed by atoms with Crippen LogP contribution < -0.4 is 20.7 Å². The third-order valence-corrected chi connectivity index (χ3v) is 19.4. The zero-order valence-electron chi connectivity index (χ0n) is 34.9. The van der Waals surface area contributed by atoms with Crippen LogP contribution in [0.5, 0.6) is 0 Å². The fourth-order valence-corrected chi connectivity index (χ4v) is 16.8. The number of nitrogens with zero attached hydrogens (tertiary/aromatic N) is 2. The molecular weight excluding hydrogens is 809 g/mol. The number of rotatable bonds is 7. The Morgan fingerprint density at radius 1 is 0.312 bits per heavy atom. The van der Waals surface area contributed by atoms with Gasteiger partial charge in [-0.05, 0) is 80.9 Å². The lowest BCUT2D eigenvalue weighted by Gasteiger charge is -2.37. The number of hydrogen-bond donors (Lipinski definition) is 0. The highest BCUT2D eigenvalue weighted by Crippen LogP contribution is 2.41. The molecule has 0 atom stereocenters. The van der Waals surface area contributed by atoms with E-state index in [4.69, 9.17) is 0 Å². The lowest BCUT2D eigenvalue weighted by atomic mass is 10.0. The van der Waals surface area contributed by atoms with Gasteiger partial charge in [0.15, 0.2) is 8.07 Å². The molecule has 0 aliphatic carbocycles. The molecule has 10 aromatic carbocycles. The van der Waals surface area contributed by atoms with Gasteiger partial charge in [-0.3, -0.25) is 0 Å². The van der Waals surface area contributed by atoms with Crippen LogP contribution in [0.2, 0.25) is 0 Å². The van der Waals surface area contributed by atoms with Gasteiger partial charge in [0, 0.05) is 53.0 Å². The third-order valence-electron chi connectivity index (χ3n) is 13.5. The molecule has 3 aromatic heterocycles. The summed E-state index contributed by atoms with van der Waals surface area (Å²) in [6.07, 6.45) is 0. The first-order valence-corrected chi connectivity index (χ1v) is 24.8. The molecule has 64 heavy (non-hydrogen) atoms. The quantitative estimate of drug-likeness (QED) is 0.112. The summed E-state index contributed by atoms with van der Waals surface area (Å²) in [5, 5.41) is 13.0. The number of para-hydroxylation sites is 4. The molecule has 3 heterocycles. The molecule has 0 unspecified atom stereocenters. The maximum Gasteiger partial charge on any atom is 0.181 e. The molecular formula is C60H40N2SSi. The molecule has 0 saturated carbocycles. The van der Waals surface area contributed by atoms with E-state index in [1.807, 2.05) is 11.3 Å². The van der Waals surface area contributed by atoms with Gasteiger partial charge in [-0.2, -0.15) is 0 Å². The molecule has 13 aromatic rings. The van der Waals surface area contributed by atoms with E-state index in [9.17, 15) is 0 Å². The SMILES string of the molecule is c1ccc([Si](c2ccccc2)(c2ccccc2)c2cccc(-c3ccc4sc5ccccc5c4c3)c2-n2c3ccccc3c3cc(-n4c5ccccc5c5ccccc54)ccc32)cc1. The number of benzene rings is 10. The normalized spacial score (nSPS) is 12.1. The molecule has 0 saturated heterocycles. The Labute approximate surface area is 376 Å². The Morgan fingerprint density at radius 2 is 0.797 bits per heavy atom. The molecule has 0 fully saturated rings. The zero-order valence-corrected chi connectivity index (χ0v) is 36.7. The van der Waals surface area contributed by atoms with E-state index in [-0.39, 0.29) is 0 Å². The van der Waals surface area contributed by atoms with Crippen LogP contribution in [0.3, 0.4) is 0 Å². The predicted octanol–water partition coefficient (Wildman–Crippen LogP) is 13.3. The molecule has 2 nitrogen and oxygen atoms in total. The number of fused-ring (bicyclic) bond motifs is 9. The van der Waals surface area contributed by atoms with E-state index in [0.717, 1.165) is 5.69 Å². The van der Waals surface area contributed by atoms with Crippen molar-refractivity contribution in [2.24, 2.45) is 0 Å². The van der Waals surface area contributed by atoms with E-state index in [1.54, 1.807) is 0 Å². The second-order valence-electron chi connectivity index (χ2n) is 16.8. The van der Waals surface area contributed by atoms with E-state index in [0.29, 0.717) is 0 Å². The van der Waals surface area contributed by atoms with Crippen LogP contribution in [0.25, 0.3) is 86.3 Å². The molecule has 0 radical (unpaired) electrons. The Bertz CT molecular complexity index is 3750. The van der Waals surface area contributed by atoms with Crippen LogP contribution in [0, 0.1) is 0 Å². The summed E-state index contributed by atoms with van der Waals surface area (Å²) >= 11 is 1.87. The van der Waals surface area contributed by atoms with Crippen molar-refractivity contribution in [3.8, 4) is 22.5 Å². The minimum atomic E-state index is -3.06. The average Bonchev–Trinajstić information content (AvgIpc) is 4.02. The van der Waals surface area contributed by atoms with Crippen molar-refractivity contribution in [2.45, 2.75) is 0 Å². The van der Waals surface area contributed by atoms with Crippen LogP contribution >= 0.6 is 11.3 Å². The van der Waals surface area contributed by atoms with Crippen LogP contribution in [0.1, 0.15) is 0 Å². The van der Waals surface area contributed by atoms with Gasteiger partial charge in [-0.15, -0.1) is 11.3 Å². The second-order valence-corrected chi connectivity index (χ2v) is 21.6. The molecule has 13 rings (SSSR count). The Kier molecular flexibility index (Phi) is 8.45. The van der Waals surface area contributed by atoms with Crippen molar-refractivity contribution in [1.82, 2.24) is 9.13 Å². The van der Waals surface area contributed by atoms with Crippen molar-refractivity contribution >= 4 is 104 Å². The van der Waals surface area contributed by atoms with Crippen molar-refractivity contribution in [2.75, 3.05) is 0 Å². The molecule has 300 valence electrons. The van der Waals surface area contributed by atoms with E-state index >= 15 is 0 Å². The molecule has 4 heteroatoms. The topological polar surface area (TPSA) is 9.86 Å². The highest BCUT2D eigenvalue weighted by molar-refractivity contribution is 7.25. The minimum Gasteiger partial charge on any atom is -0.309 e. The Morgan fingerprint density at radius 3 is 1.41 bits per heavy atom. The van der Waals surface area contributed by atoms with Crippen molar-refractivity contribution in [3.05, 3.63) is 243 Å². The molecule has 0 spiro atoms. The van der Waals surface area contributed by atoms with Gasteiger partial charge in [0.05, 0.1) is 27.8 Å². The van der Waals surface area contributed by atoms with Crippen molar-refractivity contribution in [1.29, 1.82) is 0 Å². The fraction of sp³-hybridized carbons (Fsp3) is 0. The lowest BCUT2D eigenvalue weighted by Crippen LogP contribution is -2.75. The van der Waals surface area contributed by atoms with Crippen LogP contribution in [-0.4, -0.2) is 17.2 Å². The van der Waals surface area contributed by atoms with Gasteiger partial charge >= 0.3 is 0 Å². The molecule has 0 bridgehead atoms. The van der Waals surface area contributed by atoms with Gasteiger partial charge < -0.3 is 9.13 Å². The summed E-state index contributed by atoms with van der Waals surface area (Å²) in [6.45, 7) is 0. The monoisotopic (exact) mass is 848 g/mol. The molecule has 0 N–H and O–H groups in total. The number of hydrogen-bond acceptors (Lipinski definition) is 1. The summed E-state index contributed by atoms with van der Waals surface area (Å²) in [6, 6.07) is 90.9. The smallest absolute Gasteiger partial charge is 0.181 e. The second kappa shape index (κ2) is 14.7. The van der Waals surface area contributed by atoms with E-state index < -0.39 is 8.07 Å². The van der Waals surface area contributed by atoms with E-state index in [1.165, 1.54) is 101 Å². The fourth-order valence-electron chi connectivity index (χ4n) is 10.8. The number of aromatic nitrogens is 2. The van der Waals surface area contributed by atoms with Gasteiger partial charge in [0.1, 0.15) is 0 Å². The molecule has 0 aliphatic heterocycles. The highest BCUT2D eigenvalue weighted by atomic mass is 32.1. The summed E-state index contributed by atoms with van der Waals surface area (Å²) in [4.78, 5) is 0. The first-order valence-electron chi connectivity index (χ1n) is 22.0. The zero-order chi connectivity index (χ0) is 42.2. The maximum atomic E-state index is 2.61. The summed E-state index contributed by atoms with van der Waals surface area (Å²) in [7, 11) is -3.06. The largest absolute Gasteiger partial charge is 0.309 e. The molecule has 0 amide bonds. The van der Waals surface area contributed by atoms with Gasteiger partial charge in [-0.25, -0.2) is 0 Å². The highest BCUT2D eigenvalue weighted by Gasteiger charge is 2.44. The van der Waals surface area contributed by atoms with Crippen LogP contribution in [0.15, 0.2) is 243 Å². The van der Waals surface area contributed by atoms with Crippen molar-refractivity contribution < 1.29 is 0 Å². The Hall–Kier alpha value is -7.76. The first kappa shape index (κ1) is 36.9. The van der Waals surface area contributed by atoms with Gasteiger partial charge in [0.25, 0.3) is 0 Å². The molecule has 0 aliphatic rings. The predicted molar refractivity (Wildman–Crippen MR) is 277 cm³/mol. The summed E-state index contributed by atoms with van der Waals surface area (Å²) in [5.41, 5.74) is 9.57. The summed E-state index contributed by atoms with van der Waals surface area (Å²) in [5.74, 6) is 0. The lowest BCUT2D eigenvalue weighted by molar-refractivity contribution is 1.17. The van der Waals surface area contributed by atoms with Gasteiger partial charge in [0.2, 0.25) is 0 Å². The first-order chi connectivity index (χ1) is 31.8. The standard InChI is InChI=1S/C60H40N2SSi/c1-4-19-43(20-5-1)64(44-21-6-2-7-22-44,45-23-8-3-9-24-45)59-34-18-29-46(41-35-38-58-52(39-41)50-28-13-17-33-57(50)63-58)60(59)62-55-32-16-12-27-49(55)51-40-42(36-37-56(51)62)61-53-30-14-10-25-47(53)48-26-11-15-31-54(48)61/h1-40H. The number of thiophene rings is 1. The maximum absolute atomic E-state index is 3.06. The van der Waals surface area contributed by atoms with E-state index in [2.05, 4.69) is 252 Å². The van der Waals surface area contributed by atoms with Gasteiger partial charge in [-0.1, -0.05) is 188 Å². The van der Waals surface area contributed by atoms with Crippen LogP contribution in [-0.2, 0) is 0 Å². The van der Waals surface area contributed by atoms with Crippen molar-refractivity contribution in [3.63, 3.8) is 0 Å². The summed E-state index contributed by atoms with van der Waals surface area (Å²) < 4.78 is 7.67. The average molecular weight is 849 g/mol. The van der Waals surface area contributed by atoms with Crippen LogP contribution in [0.4, 0.5) is 0 Å².